The Morgan fingerprint density at radius 3 is 1.35 bits per heavy atom. The molecule has 0 N–H and O–H groups in total. The minimum absolute atomic E-state index is 0. The van der Waals surface area contributed by atoms with Crippen LogP contribution in [0.4, 0.5) is 9.59 Å². The molecule has 104 valence electrons. The number of halogens is 1. The number of hydrogen-bond donors (Lipinski definition) is 2. The second kappa shape index (κ2) is 18.3. The summed E-state index contributed by atoms with van der Waals surface area (Å²) in [5.74, 6) is 0. The molecule has 0 aromatic carbocycles. The second-order valence-electron chi connectivity index (χ2n) is 2.94. The van der Waals surface area contributed by atoms with Crippen LogP contribution in [0.5, 0.6) is 0 Å². The molecular weight excluding hydrogens is 284 g/mol. The van der Waals surface area contributed by atoms with Crippen molar-refractivity contribution in [2.24, 2.45) is 0 Å². The van der Waals surface area contributed by atoms with Crippen molar-refractivity contribution in [3.05, 3.63) is 0 Å². The van der Waals surface area contributed by atoms with Gasteiger partial charge in [0, 0.05) is 0 Å². The molecule has 0 rings (SSSR count). The summed E-state index contributed by atoms with van der Waals surface area (Å²) in [6.07, 6.45) is 3.93. The van der Waals surface area contributed by atoms with Gasteiger partial charge in [0.2, 0.25) is 0 Å². The van der Waals surface area contributed by atoms with Gasteiger partial charge in [0.1, 0.15) is 0 Å². The van der Waals surface area contributed by atoms with Gasteiger partial charge in [0.25, 0.3) is 0 Å². The van der Waals surface area contributed by atoms with Crippen LogP contribution >= 0.6 is 37.7 Å². The predicted octanol–water partition coefficient (Wildman–Crippen LogP) is 4.13. The van der Waals surface area contributed by atoms with Gasteiger partial charge in [-0.05, 0) is 12.8 Å². The maximum absolute atomic E-state index is 9.96. The smallest absolute Gasteiger partial charge is 0.364 e. The summed E-state index contributed by atoms with van der Waals surface area (Å²) in [6.45, 7) is 5.07. The first-order valence-electron chi connectivity index (χ1n) is 5.26. The Balaban J connectivity index is -0.000000218. The van der Waals surface area contributed by atoms with Crippen molar-refractivity contribution in [3.63, 3.8) is 0 Å². The lowest BCUT2D eigenvalue weighted by Gasteiger charge is -1.95. The van der Waals surface area contributed by atoms with Crippen molar-refractivity contribution < 1.29 is 19.1 Å². The standard InChI is InChI=1S/2C5H10O2S.ClH/c2*1-2-3-4-7-5(6)8;/h2*2-4H2,1H3,(H,6,8);1H. The topological polar surface area (TPSA) is 52.6 Å². The Hall–Kier alpha value is -0.0700. The van der Waals surface area contributed by atoms with E-state index in [0.717, 1.165) is 25.7 Å². The number of ether oxygens (including phenoxy) is 2. The highest BCUT2D eigenvalue weighted by Crippen LogP contribution is 1.91. The van der Waals surface area contributed by atoms with Gasteiger partial charge in [-0.2, -0.15) is 0 Å². The highest BCUT2D eigenvalue weighted by molar-refractivity contribution is 7.96. The Bertz CT molecular complexity index is 171. The van der Waals surface area contributed by atoms with Gasteiger partial charge in [-0.3, -0.25) is 0 Å². The number of thiol groups is 2. The van der Waals surface area contributed by atoms with Gasteiger partial charge in [-0.1, -0.05) is 51.9 Å². The first-order valence-corrected chi connectivity index (χ1v) is 6.15. The molecule has 0 radical (unpaired) electrons. The zero-order valence-electron chi connectivity index (χ0n) is 10.2. The molecule has 4 nitrogen and oxygen atoms in total. The fourth-order valence-corrected chi connectivity index (χ4v) is 0.790. The minimum Gasteiger partial charge on any atom is -0.458 e. The average molecular weight is 305 g/mol. The number of rotatable bonds is 6. The predicted molar refractivity (Wildman–Crippen MR) is 77.7 cm³/mol. The van der Waals surface area contributed by atoms with E-state index in [0.29, 0.717) is 13.2 Å². The van der Waals surface area contributed by atoms with Crippen LogP contribution < -0.4 is 0 Å². The lowest BCUT2D eigenvalue weighted by Crippen LogP contribution is -1.94. The summed E-state index contributed by atoms with van der Waals surface area (Å²) in [5.41, 5.74) is 0. The number of carbonyl (C=O) groups excluding carboxylic acids is 2. The summed E-state index contributed by atoms with van der Waals surface area (Å²) >= 11 is 6.82. The van der Waals surface area contributed by atoms with Crippen molar-refractivity contribution >= 4 is 48.3 Å². The molecule has 17 heavy (non-hydrogen) atoms. The van der Waals surface area contributed by atoms with E-state index in [-0.39, 0.29) is 12.4 Å². The third kappa shape index (κ3) is 31.3. The number of hydrogen-bond acceptors (Lipinski definition) is 4. The summed E-state index contributed by atoms with van der Waals surface area (Å²) in [4.78, 5) is 19.9. The SMILES string of the molecule is CCCCOC(=O)S.CCCCOC(=O)S.Cl. The highest BCUT2D eigenvalue weighted by atomic mass is 35.5. The van der Waals surface area contributed by atoms with Gasteiger partial charge in [0.05, 0.1) is 13.2 Å². The van der Waals surface area contributed by atoms with Gasteiger partial charge in [-0.15, -0.1) is 12.4 Å². The molecule has 0 spiro atoms. The number of carbonyl (C=O) groups is 2. The van der Waals surface area contributed by atoms with Gasteiger partial charge >= 0.3 is 10.6 Å². The van der Waals surface area contributed by atoms with Crippen molar-refractivity contribution in [1.29, 1.82) is 0 Å². The monoisotopic (exact) mass is 304 g/mol. The van der Waals surface area contributed by atoms with Crippen LogP contribution in [-0.2, 0) is 9.47 Å². The Morgan fingerprint density at radius 2 is 1.18 bits per heavy atom. The lowest BCUT2D eigenvalue weighted by atomic mass is 10.4. The molecule has 0 saturated carbocycles. The summed E-state index contributed by atoms with van der Waals surface area (Å²) < 4.78 is 9.02. The van der Waals surface area contributed by atoms with Crippen LogP contribution in [0, 0.1) is 0 Å². The molecule has 0 fully saturated rings. The molecule has 0 aromatic rings. The van der Waals surface area contributed by atoms with Crippen molar-refractivity contribution in [1.82, 2.24) is 0 Å². The van der Waals surface area contributed by atoms with Crippen LogP contribution in [-0.4, -0.2) is 23.8 Å². The largest absolute Gasteiger partial charge is 0.458 e. The summed E-state index contributed by atoms with van der Waals surface area (Å²) in [5, 5.41) is -0.975. The molecule has 0 heterocycles. The Kier molecular flexibility index (Phi) is 23.8. The fourth-order valence-electron chi connectivity index (χ4n) is 0.608. The Labute approximate surface area is 120 Å². The molecule has 0 aliphatic heterocycles. The lowest BCUT2D eigenvalue weighted by molar-refractivity contribution is 0.173. The summed E-state index contributed by atoms with van der Waals surface area (Å²) in [6, 6.07) is 0. The zero-order valence-corrected chi connectivity index (χ0v) is 12.8. The van der Waals surface area contributed by atoms with Crippen LogP contribution in [0.25, 0.3) is 0 Å². The zero-order chi connectivity index (χ0) is 12.8. The van der Waals surface area contributed by atoms with E-state index in [1.165, 1.54) is 0 Å². The molecule has 0 saturated heterocycles. The van der Waals surface area contributed by atoms with Crippen molar-refractivity contribution in [2.45, 2.75) is 39.5 Å². The molecule has 0 amide bonds. The highest BCUT2D eigenvalue weighted by Gasteiger charge is 1.89. The maximum Gasteiger partial charge on any atom is 0.364 e. The van der Waals surface area contributed by atoms with E-state index in [9.17, 15) is 9.59 Å². The van der Waals surface area contributed by atoms with Crippen molar-refractivity contribution in [3.8, 4) is 0 Å². The third-order valence-corrected chi connectivity index (χ3v) is 1.71. The van der Waals surface area contributed by atoms with Gasteiger partial charge in [0.15, 0.2) is 0 Å². The average Bonchev–Trinajstić information content (AvgIpc) is 2.18. The van der Waals surface area contributed by atoms with Crippen LogP contribution in [0.2, 0.25) is 0 Å². The fraction of sp³-hybridized carbons (Fsp3) is 0.800. The van der Waals surface area contributed by atoms with Gasteiger partial charge in [-0.25, -0.2) is 9.59 Å². The van der Waals surface area contributed by atoms with E-state index in [1.807, 2.05) is 13.8 Å². The van der Waals surface area contributed by atoms with E-state index in [4.69, 9.17) is 0 Å². The normalized spacial score (nSPS) is 8.24. The molecule has 7 heteroatoms. The molecule has 0 atom stereocenters. The second-order valence-corrected chi connectivity index (χ2v) is 3.67. The molecule has 0 aliphatic rings. The van der Waals surface area contributed by atoms with Gasteiger partial charge < -0.3 is 9.47 Å². The van der Waals surface area contributed by atoms with Crippen LogP contribution in [0.3, 0.4) is 0 Å². The van der Waals surface area contributed by atoms with E-state index in [2.05, 4.69) is 34.7 Å². The quantitative estimate of drug-likeness (QED) is 0.440. The van der Waals surface area contributed by atoms with E-state index in [1.54, 1.807) is 0 Å². The molecule has 0 aromatic heterocycles. The first kappa shape index (κ1) is 22.1. The summed E-state index contributed by atoms with van der Waals surface area (Å²) in [7, 11) is 0. The molecule has 0 bridgehead atoms. The molecular formula is C10H21ClO4S2. The van der Waals surface area contributed by atoms with Crippen LogP contribution in [0.1, 0.15) is 39.5 Å². The van der Waals surface area contributed by atoms with E-state index < -0.39 is 10.6 Å². The van der Waals surface area contributed by atoms with E-state index >= 15 is 0 Å². The van der Waals surface area contributed by atoms with Crippen LogP contribution in [0.15, 0.2) is 0 Å². The number of unbranched alkanes of at least 4 members (excludes halogenated alkanes) is 2. The first-order chi connectivity index (χ1) is 7.54. The third-order valence-electron chi connectivity index (χ3n) is 1.45. The minimum atomic E-state index is -0.488. The Morgan fingerprint density at radius 1 is 0.882 bits per heavy atom. The molecule has 0 aliphatic carbocycles. The molecule has 0 unspecified atom stereocenters. The van der Waals surface area contributed by atoms with Crippen molar-refractivity contribution in [2.75, 3.05) is 13.2 Å². The maximum atomic E-state index is 9.96.